The second-order valence-corrected chi connectivity index (χ2v) is 9.87. The van der Waals surface area contributed by atoms with E-state index in [1.54, 1.807) is 18.7 Å². The molecule has 0 atom stereocenters. The quantitative estimate of drug-likeness (QED) is 0.439. The third-order valence-corrected chi connectivity index (χ3v) is 7.26. The summed E-state index contributed by atoms with van der Waals surface area (Å²) in [6, 6.07) is 23.5. The van der Waals surface area contributed by atoms with Gasteiger partial charge in [0.15, 0.2) is 0 Å². The SMILES string of the molecule is CC(CO)(CO)COC(=O)CCc1ccc(C2(O)c3ccccc3Sc3ccccc32)cc1. The van der Waals surface area contributed by atoms with Crippen molar-refractivity contribution in [1.82, 2.24) is 0 Å². The Hall–Kier alpha value is -2.64. The van der Waals surface area contributed by atoms with Crippen LogP contribution in [0.15, 0.2) is 82.6 Å². The van der Waals surface area contributed by atoms with Crippen LogP contribution in [0.1, 0.15) is 35.6 Å². The largest absolute Gasteiger partial charge is 0.465 e. The number of ether oxygens (including phenoxy) is 1. The predicted molar refractivity (Wildman–Crippen MR) is 127 cm³/mol. The summed E-state index contributed by atoms with van der Waals surface area (Å²) in [4.78, 5) is 14.2. The van der Waals surface area contributed by atoms with Gasteiger partial charge in [-0.3, -0.25) is 4.79 Å². The summed E-state index contributed by atoms with van der Waals surface area (Å²) in [6.07, 6.45) is 0.689. The highest BCUT2D eigenvalue weighted by molar-refractivity contribution is 7.99. The summed E-state index contributed by atoms with van der Waals surface area (Å²) in [7, 11) is 0. The van der Waals surface area contributed by atoms with Crippen molar-refractivity contribution in [3.05, 3.63) is 95.1 Å². The summed E-state index contributed by atoms with van der Waals surface area (Å²) in [5.41, 5.74) is 1.36. The number of carbonyl (C=O) groups is 1. The number of aliphatic hydroxyl groups is 3. The van der Waals surface area contributed by atoms with Gasteiger partial charge in [0, 0.05) is 32.8 Å². The Morgan fingerprint density at radius 2 is 1.45 bits per heavy atom. The van der Waals surface area contributed by atoms with E-state index in [4.69, 9.17) is 4.74 Å². The Balaban J connectivity index is 1.51. The first-order valence-electron chi connectivity index (χ1n) is 11.0. The molecule has 0 spiro atoms. The molecular formula is C27H28O5S. The first kappa shape index (κ1) is 23.5. The van der Waals surface area contributed by atoms with Crippen LogP contribution < -0.4 is 0 Å². The number of esters is 1. The van der Waals surface area contributed by atoms with Crippen LogP contribution in [0.5, 0.6) is 0 Å². The lowest BCUT2D eigenvalue weighted by molar-refractivity contribution is -0.148. The Labute approximate surface area is 198 Å². The van der Waals surface area contributed by atoms with Crippen LogP contribution in [0.2, 0.25) is 0 Å². The first-order chi connectivity index (χ1) is 15.9. The van der Waals surface area contributed by atoms with E-state index in [0.29, 0.717) is 6.42 Å². The van der Waals surface area contributed by atoms with Crippen molar-refractivity contribution >= 4 is 17.7 Å². The summed E-state index contributed by atoms with van der Waals surface area (Å²) in [6.45, 7) is 1.11. The van der Waals surface area contributed by atoms with Gasteiger partial charge in [0.1, 0.15) is 12.2 Å². The number of benzene rings is 3. The molecule has 4 rings (SSSR count). The number of aryl methyl sites for hydroxylation is 1. The van der Waals surface area contributed by atoms with Gasteiger partial charge in [0.25, 0.3) is 0 Å². The van der Waals surface area contributed by atoms with E-state index in [1.165, 1.54) is 0 Å². The molecule has 1 heterocycles. The molecule has 3 N–H and O–H groups in total. The van der Waals surface area contributed by atoms with E-state index < -0.39 is 11.0 Å². The van der Waals surface area contributed by atoms with Crippen molar-refractivity contribution in [2.45, 2.75) is 35.2 Å². The number of aliphatic hydroxyl groups excluding tert-OH is 2. The molecule has 3 aromatic rings. The molecule has 6 heteroatoms. The maximum atomic E-state index is 12.1. The number of hydrogen-bond donors (Lipinski definition) is 3. The Morgan fingerprint density at radius 1 is 0.909 bits per heavy atom. The van der Waals surface area contributed by atoms with Crippen molar-refractivity contribution in [3.8, 4) is 0 Å². The molecule has 0 aromatic heterocycles. The second-order valence-electron chi connectivity index (χ2n) is 8.79. The maximum Gasteiger partial charge on any atom is 0.306 e. The molecule has 0 aliphatic carbocycles. The average Bonchev–Trinajstić information content (AvgIpc) is 2.86. The lowest BCUT2D eigenvalue weighted by atomic mass is 9.79. The molecule has 5 nitrogen and oxygen atoms in total. The highest BCUT2D eigenvalue weighted by atomic mass is 32.2. The van der Waals surface area contributed by atoms with Gasteiger partial charge in [-0.15, -0.1) is 0 Å². The molecule has 1 aliphatic heterocycles. The molecule has 172 valence electrons. The zero-order valence-corrected chi connectivity index (χ0v) is 19.3. The van der Waals surface area contributed by atoms with Crippen LogP contribution in [0.4, 0.5) is 0 Å². The fourth-order valence-electron chi connectivity index (χ4n) is 3.91. The van der Waals surface area contributed by atoms with Crippen LogP contribution in [0.25, 0.3) is 0 Å². The van der Waals surface area contributed by atoms with E-state index in [0.717, 1.165) is 32.0 Å². The van der Waals surface area contributed by atoms with Crippen molar-refractivity contribution in [2.75, 3.05) is 19.8 Å². The standard InChI is InChI=1S/C27H28O5S/c1-26(16-28,17-29)18-32-25(30)15-12-19-10-13-20(14-11-19)27(31)21-6-2-4-8-23(21)33-24-9-5-3-7-22(24)27/h2-11,13-14,28-29,31H,12,15-18H2,1H3. The van der Waals surface area contributed by atoms with Crippen LogP contribution >= 0.6 is 11.8 Å². The second kappa shape index (κ2) is 9.69. The number of hydrogen-bond acceptors (Lipinski definition) is 6. The zero-order chi connectivity index (χ0) is 23.5. The molecule has 0 unspecified atom stereocenters. The molecule has 33 heavy (non-hydrogen) atoms. The summed E-state index contributed by atoms with van der Waals surface area (Å²) in [5.74, 6) is -0.377. The topological polar surface area (TPSA) is 87.0 Å². The monoisotopic (exact) mass is 464 g/mol. The molecule has 0 amide bonds. The van der Waals surface area contributed by atoms with Crippen LogP contribution in [-0.2, 0) is 21.6 Å². The van der Waals surface area contributed by atoms with E-state index in [-0.39, 0.29) is 32.2 Å². The molecule has 3 aromatic carbocycles. The number of rotatable bonds is 8. The van der Waals surface area contributed by atoms with Crippen molar-refractivity contribution < 1.29 is 24.9 Å². The molecule has 0 saturated heterocycles. The lowest BCUT2D eigenvalue weighted by Gasteiger charge is -2.36. The van der Waals surface area contributed by atoms with Crippen molar-refractivity contribution in [3.63, 3.8) is 0 Å². The third kappa shape index (κ3) is 4.70. The number of carbonyl (C=O) groups excluding carboxylic acids is 1. The zero-order valence-electron chi connectivity index (χ0n) is 18.5. The molecule has 0 fully saturated rings. The van der Waals surface area contributed by atoms with Gasteiger partial charge in [-0.2, -0.15) is 0 Å². The van der Waals surface area contributed by atoms with E-state index in [9.17, 15) is 20.1 Å². The van der Waals surface area contributed by atoms with Gasteiger partial charge in [-0.25, -0.2) is 0 Å². The highest BCUT2D eigenvalue weighted by Gasteiger charge is 2.40. The predicted octanol–water partition coefficient (Wildman–Crippen LogP) is 3.90. The molecule has 0 bridgehead atoms. The van der Waals surface area contributed by atoms with Gasteiger partial charge < -0.3 is 20.1 Å². The number of fused-ring (bicyclic) bond motifs is 2. The van der Waals surface area contributed by atoms with Gasteiger partial charge in [0.05, 0.1) is 13.2 Å². The van der Waals surface area contributed by atoms with Crippen LogP contribution in [0, 0.1) is 5.41 Å². The minimum Gasteiger partial charge on any atom is -0.465 e. The summed E-state index contributed by atoms with van der Waals surface area (Å²) >= 11 is 1.66. The summed E-state index contributed by atoms with van der Waals surface area (Å²) < 4.78 is 5.22. The molecule has 0 radical (unpaired) electrons. The third-order valence-electron chi connectivity index (χ3n) is 6.11. The summed E-state index contributed by atoms with van der Waals surface area (Å²) in [5, 5.41) is 30.6. The van der Waals surface area contributed by atoms with Crippen molar-refractivity contribution in [1.29, 1.82) is 0 Å². The van der Waals surface area contributed by atoms with Crippen molar-refractivity contribution in [2.24, 2.45) is 5.41 Å². The van der Waals surface area contributed by atoms with Crippen LogP contribution in [-0.4, -0.2) is 41.1 Å². The average molecular weight is 465 g/mol. The minimum atomic E-state index is -1.26. The van der Waals surface area contributed by atoms with E-state index in [1.807, 2.05) is 72.8 Å². The fraction of sp³-hybridized carbons (Fsp3) is 0.296. The van der Waals surface area contributed by atoms with E-state index in [2.05, 4.69) is 0 Å². The normalized spacial score (nSPS) is 14.3. The Bertz CT molecular complexity index is 1080. The van der Waals surface area contributed by atoms with E-state index >= 15 is 0 Å². The van der Waals surface area contributed by atoms with Gasteiger partial charge in [-0.05, 0) is 29.7 Å². The maximum absolute atomic E-state index is 12.1. The smallest absolute Gasteiger partial charge is 0.306 e. The van der Waals surface area contributed by atoms with Gasteiger partial charge in [0.2, 0.25) is 0 Å². The first-order valence-corrected chi connectivity index (χ1v) is 11.8. The Morgan fingerprint density at radius 3 is 2.00 bits per heavy atom. The Kier molecular flexibility index (Phi) is 6.91. The van der Waals surface area contributed by atoms with Gasteiger partial charge >= 0.3 is 5.97 Å². The lowest BCUT2D eigenvalue weighted by Crippen LogP contribution is -2.32. The molecular weight excluding hydrogens is 436 g/mol. The van der Waals surface area contributed by atoms with Gasteiger partial charge in [-0.1, -0.05) is 79.3 Å². The highest BCUT2D eigenvalue weighted by Crippen LogP contribution is 2.50. The molecule has 0 saturated carbocycles. The molecule has 1 aliphatic rings. The van der Waals surface area contributed by atoms with Crippen LogP contribution in [0.3, 0.4) is 0 Å². The fourth-order valence-corrected chi connectivity index (χ4v) is 5.09. The minimum absolute atomic E-state index is 0.0262.